The van der Waals surface area contributed by atoms with Crippen molar-refractivity contribution in [1.82, 2.24) is 4.31 Å². The SMILES string of the molecule is Cc1cc(S(=O)(=O)N(C)C)sc1C(=O)O. The summed E-state index contributed by atoms with van der Waals surface area (Å²) < 4.78 is 24.4. The zero-order valence-corrected chi connectivity index (χ0v) is 10.1. The molecule has 1 heterocycles. The summed E-state index contributed by atoms with van der Waals surface area (Å²) in [5, 5.41) is 8.79. The summed E-state index contributed by atoms with van der Waals surface area (Å²) in [4.78, 5) is 10.8. The number of sulfonamides is 1. The van der Waals surface area contributed by atoms with Crippen LogP contribution in [0.15, 0.2) is 10.3 Å². The average molecular weight is 249 g/mol. The Labute approximate surface area is 92.0 Å². The van der Waals surface area contributed by atoms with Crippen molar-refractivity contribution in [3.8, 4) is 0 Å². The second-order valence-corrected chi connectivity index (χ2v) is 6.60. The Bertz CT molecular complexity index is 487. The third-order valence-corrected chi connectivity index (χ3v) is 5.31. The molecule has 7 heteroatoms. The first-order valence-corrected chi connectivity index (χ1v) is 6.28. The monoisotopic (exact) mass is 249 g/mol. The lowest BCUT2D eigenvalue weighted by Crippen LogP contribution is -2.21. The Morgan fingerprint density at radius 3 is 2.33 bits per heavy atom. The van der Waals surface area contributed by atoms with Gasteiger partial charge in [0.1, 0.15) is 9.09 Å². The number of carbonyl (C=O) groups is 1. The van der Waals surface area contributed by atoms with E-state index in [-0.39, 0.29) is 9.09 Å². The van der Waals surface area contributed by atoms with Crippen LogP contribution in [-0.2, 0) is 10.0 Å². The van der Waals surface area contributed by atoms with Gasteiger partial charge in [-0.2, -0.15) is 0 Å². The van der Waals surface area contributed by atoms with Crippen molar-refractivity contribution in [3.05, 3.63) is 16.5 Å². The third-order valence-electron chi connectivity index (χ3n) is 1.82. The van der Waals surface area contributed by atoms with Gasteiger partial charge in [-0.05, 0) is 18.6 Å². The maximum Gasteiger partial charge on any atom is 0.346 e. The summed E-state index contributed by atoms with van der Waals surface area (Å²) in [7, 11) is -0.708. The lowest BCUT2D eigenvalue weighted by atomic mass is 10.3. The molecule has 1 rings (SSSR count). The van der Waals surface area contributed by atoms with E-state index in [0.29, 0.717) is 5.56 Å². The molecular weight excluding hydrogens is 238 g/mol. The minimum Gasteiger partial charge on any atom is -0.477 e. The molecule has 0 aromatic carbocycles. The van der Waals surface area contributed by atoms with E-state index in [4.69, 9.17) is 5.11 Å². The fourth-order valence-electron chi connectivity index (χ4n) is 0.972. The maximum absolute atomic E-state index is 11.7. The molecule has 1 aromatic heterocycles. The molecule has 0 bridgehead atoms. The van der Waals surface area contributed by atoms with E-state index in [1.165, 1.54) is 20.2 Å². The highest BCUT2D eigenvalue weighted by molar-refractivity contribution is 7.91. The molecule has 1 aromatic rings. The fourth-order valence-corrected chi connectivity index (χ4v) is 3.52. The smallest absolute Gasteiger partial charge is 0.346 e. The molecule has 0 aliphatic carbocycles. The zero-order chi connectivity index (χ0) is 11.8. The Morgan fingerprint density at radius 1 is 1.47 bits per heavy atom. The Morgan fingerprint density at radius 2 is 2.00 bits per heavy atom. The molecule has 0 amide bonds. The van der Waals surface area contributed by atoms with Gasteiger partial charge in [0.05, 0.1) is 0 Å². The molecule has 1 N–H and O–H groups in total. The minimum atomic E-state index is -3.52. The van der Waals surface area contributed by atoms with Gasteiger partial charge in [0.25, 0.3) is 10.0 Å². The number of nitrogens with zero attached hydrogens (tertiary/aromatic N) is 1. The standard InChI is InChI=1S/C8H11NO4S2/c1-5-4-6(14-7(5)8(10)11)15(12,13)9(2)3/h4H,1-3H3,(H,10,11). The molecule has 0 radical (unpaired) electrons. The Balaban J connectivity index is 3.31. The van der Waals surface area contributed by atoms with Gasteiger partial charge in [0.15, 0.2) is 0 Å². The second-order valence-electron chi connectivity index (χ2n) is 3.17. The van der Waals surface area contributed by atoms with Gasteiger partial charge in [-0.1, -0.05) is 0 Å². The van der Waals surface area contributed by atoms with Crippen LogP contribution in [0.5, 0.6) is 0 Å². The largest absolute Gasteiger partial charge is 0.477 e. The number of carboxylic acids is 1. The van der Waals surface area contributed by atoms with Gasteiger partial charge in [0, 0.05) is 14.1 Å². The molecule has 0 spiro atoms. The van der Waals surface area contributed by atoms with Crippen LogP contribution in [-0.4, -0.2) is 37.9 Å². The van der Waals surface area contributed by atoms with Crippen molar-refractivity contribution in [1.29, 1.82) is 0 Å². The van der Waals surface area contributed by atoms with Crippen molar-refractivity contribution < 1.29 is 18.3 Å². The van der Waals surface area contributed by atoms with Crippen molar-refractivity contribution in [3.63, 3.8) is 0 Å². The van der Waals surface area contributed by atoms with Gasteiger partial charge in [-0.3, -0.25) is 0 Å². The topological polar surface area (TPSA) is 74.7 Å². The summed E-state index contributed by atoms with van der Waals surface area (Å²) in [6, 6.07) is 1.38. The van der Waals surface area contributed by atoms with Gasteiger partial charge in [0.2, 0.25) is 0 Å². The number of hydrogen-bond donors (Lipinski definition) is 1. The van der Waals surface area contributed by atoms with E-state index >= 15 is 0 Å². The molecule has 15 heavy (non-hydrogen) atoms. The van der Waals surface area contributed by atoms with Gasteiger partial charge < -0.3 is 5.11 Å². The molecule has 0 saturated heterocycles. The van der Waals surface area contributed by atoms with E-state index in [2.05, 4.69) is 0 Å². The summed E-state index contributed by atoms with van der Waals surface area (Å²) in [6.07, 6.45) is 0. The number of aromatic carboxylic acids is 1. The summed E-state index contributed by atoms with van der Waals surface area (Å²) in [5.41, 5.74) is 0.466. The van der Waals surface area contributed by atoms with Crippen LogP contribution in [0.4, 0.5) is 0 Å². The van der Waals surface area contributed by atoms with Crippen molar-refractivity contribution in [2.45, 2.75) is 11.1 Å². The van der Waals surface area contributed by atoms with Crippen molar-refractivity contribution >= 4 is 27.3 Å². The van der Waals surface area contributed by atoms with E-state index in [1.807, 2.05) is 0 Å². The van der Waals surface area contributed by atoms with Crippen LogP contribution >= 0.6 is 11.3 Å². The predicted molar refractivity (Wildman–Crippen MR) is 56.9 cm³/mol. The molecule has 84 valence electrons. The summed E-state index contributed by atoms with van der Waals surface area (Å²) in [6.45, 7) is 1.58. The van der Waals surface area contributed by atoms with Gasteiger partial charge in [-0.15, -0.1) is 11.3 Å². The first-order valence-electron chi connectivity index (χ1n) is 4.03. The molecule has 0 aliphatic rings. The zero-order valence-electron chi connectivity index (χ0n) is 8.51. The molecule has 0 aliphatic heterocycles. The molecular formula is C8H11NO4S2. The van der Waals surface area contributed by atoms with Crippen LogP contribution in [0, 0.1) is 6.92 Å². The van der Waals surface area contributed by atoms with E-state index in [0.717, 1.165) is 15.6 Å². The van der Waals surface area contributed by atoms with Crippen LogP contribution < -0.4 is 0 Å². The van der Waals surface area contributed by atoms with Crippen molar-refractivity contribution in [2.24, 2.45) is 0 Å². The third kappa shape index (κ3) is 2.19. The first kappa shape index (κ1) is 12.2. The highest BCUT2D eigenvalue weighted by Gasteiger charge is 2.23. The summed E-state index contributed by atoms with van der Waals surface area (Å²) >= 11 is 0.774. The number of rotatable bonds is 3. The maximum atomic E-state index is 11.7. The number of hydrogen-bond acceptors (Lipinski definition) is 4. The number of thiophene rings is 1. The van der Waals surface area contributed by atoms with Crippen LogP contribution in [0.3, 0.4) is 0 Å². The fraction of sp³-hybridized carbons (Fsp3) is 0.375. The van der Waals surface area contributed by atoms with Crippen LogP contribution in [0.2, 0.25) is 0 Å². The highest BCUT2D eigenvalue weighted by Crippen LogP contribution is 2.27. The highest BCUT2D eigenvalue weighted by atomic mass is 32.2. The lowest BCUT2D eigenvalue weighted by Gasteiger charge is -2.08. The minimum absolute atomic E-state index is 0.0578. The normalized spacial score (nSPS) is 12.0. The van der Waals surface area contributed by atoms with Gasteiger partial charge in [-0.25, -0.2) is 17.5 Å². The van der Waals surface area contributed by atoms with Crippen LogP contribution in [0.25, 0.3) is 0 Å². The second kappa shape index (κ2) is 3.92. The first-order chi connectivity index (χ1) is 6.76. The Kier molecular flexibility index (Phi) is 3.17. The number of aryl methyl sites for hydroxylation is 1. The predicted octanol–water partition coefficient (Wildman–Crippen LogP) is 1.01. The molecule has 0 fully saturated rings. The van der Waals surface area contributed by atoms with Crippen molar-refractivity contribution in [2.75, 3.05) is 14.1 Å². The van der Waals surface area contributed by atoms with Crippen LogP contribution in [0.1, 0.15) is 15.2 Å². The molecule has 5 nitrogen and oxygen atoms in total. The average Bonchev–Trinajstić information content (AvgIpc) is 2.47. The lowest BCUT2D eigenvalue weighted by molar-refractivity contribution is 0.0701. The Hall–Kier alpha value is -0.920. The van der Waals surface area contributed by atoms with Gasteiger partial charge >= 0.3 is 5.97 Å². The molecule has 0 atom stereocenters. The van der Waals surface area contributed by atoms with E-state index in [1.54, 1.807) is 6.92 Å². The number of carboxylic acid groups (broad SMARTS) is 1. The van der Waals surface area contributed by atoms with E-state index in [9.17, 15) is 13.2 Å². The molecule has 0 saturated carbocycles. The van der Waals surface area contributed by atoms with E-state index < -0.39 is 16.0 Å². The quantitative estimate of drug-likeness (QED) is 0.867. The molecule has 0 unspecified atom stereocenters. The summed E-state index contributed by atoms with van der Waals surface area (Å²) in [5.74, 6) is -1.10.